The lowest BCUT2D eigenvalue weighted by Gasteiger charge is -2.14. The summed E-state index contributed by atoms with van der Waals surface area (Å²) in [5.74, 6) is -0.773. The molecule has 2 aromatic carbocycles. The van der Waals surface area contributed by atoms with E-state index < -0.39 is 17.9 Å². The molecule has 0 spiro atoms. The maximum Gasteiger partial charge on any atom is 0.330 e. The number of nitrogens with zero attached hydrogens (tertiary/aromatic N) is 2. The molecule has 4 aromatic rings. The molecule has 29 heavy (non-hydrogen) atoms. The van der Waals surface area contributed by atoms with Crippen LogP contribution in [-0.2, 0) is 16.0 Å². The average molecular weight is 390 g/mol. The summed E-state index contributed by atoms with van der Waals surface area (Å²) in [6.45, 7) is 0. The molecular formula is C21H18N4O4. The van der Waals surface area contributed by atoms with Crippen molar-refractivity contribution in [1.82, 2.24) is 20.4 Å². The van der Waals surface area contributed by atoms with E-state index in [0.29, 0.717) is 17.3 Å². The van der Waals surface area contributed by atoms with Crippen LogP contribution in [0, 0.1) is 0 Å². The van der Waals surface area contributed by atoms with Crippen LogP contribution in [0.3, 0.4) is 0 Å². The standard InChI is InChI=1S/C21H18N4O4/c26-17(23-19(21(27)28)13-5-2-1-3-6-13)9-10-18-24-20(25-29-18)15-7-4-8-16-14(15)11-12-22-16/h1-8,11-12,19,22H,9-10H2,(H,23,26)(H,27,28). The molecule has 0 saturated carbocycles. The SMILES string of the molecule is O=C(CCc1nc(-c2cccc3[nH]ccc23)no1)NC(C(=O)O)c1ccccc1. The van der Waals surface area contributed by atoms with E-state index in [9.17, 15) is 14.7 Å². The van der Waals surface area contributed by atoms with Gasteiger partial charge in [0.15, 0.2) is 6.04 Å². The number of nitrogens with one attached hydrogen (secondary N) is 2. The number of carbonyl (C=O) groups excluding carboxylic acids is 1. The molecule has 0 radical (unpaired) electrons. The van der Waals surface area contributed by atoms with E-state index >= 15 is 0 Å². The van der Waals surface area contributed by atoms with E-state index in [0.717, 1.165) is 16.5 Å². The van der Waals surface area contributed by atoms with E-state index in [2.05, 4.69) is 20.4 Å². The summed E-state index contributed by atoms with van der Waals surface area (Å²) in [5.41, 5.74) is 2.31. The van der Waals surface area contributed by atoms with Crippen LogP contribution in [0.4, 0.5) is 0 Å². The lowest BCUT2D eigenvalue weighted by atomic mass is 10.1. The van der Waals surface area contributed by atoms with Gasteiger partial charge in [-0.05, 0) is 17.7 Å². The molecule has 0 aliphatic carbocycles. The first-order chi connectivity index (χ1) is 14.1. The molecule has 146 valence electrons. The molecule has 0 fully saturated rings. The highest BCUT2D eigenvalue weighted by atomic mass is 16.5. The van der Waals surface area contributed by atoms with E-state index in [1.54, 1.807) is 30.3 Å². The van der Waals surface area contributed by atoms with Crippen LogP contribution in [0.5, 0.6) is 0 Å². The Hall–Kier alpha value is -3.94. The van der Waals surface area contributed by atoms with Crippen LogP contribution in [-0.4, -0.2) is 32.1 Å². The van der Waals surface area contributed by atoms with Crippen molar-refractivity contribution in [3.63, 3.8) is 0 Å². The summed E-state index contributed by atoms with van der Waals surface area (Å²) in [6.07, 6.45) is 2.08. The van der Waals surface area contributed by atoms with Gasteiger partial charge in [0.25, 0.3) is 0 Å². The molecule has 8 nitrogen and oxygen atoms in total. The number of aromatic nitrogens is 3. The molecule has 4 rings (SSSR count). The van der Waals surface area contributed by atoms with Crippen molar-refractivity contribution >= 4 is 22.8 Å². The van der Waals surface area contributed by atoms with Gasteiger partial charge < -0.3 is 19.9 Å². The summed E-state index contributed by atoms with van der Waals surface area (Å²) >= 11 is 0. The number of rotatable bonds is 7. The third-order valence-corrected chi connectivity index (χ3v) is 4.56. The van der Waals surface area contributed by atoms with Gasteiger partial charge in [0, 0.05) is 35.5 Å². The fourth-order valence-corrected chi connectivity index (χ4v) is 3.13. The van der Waals surface area contributed by atoms with Crippen LogP contribution in [0.2, 0.25) is 0 Å². The largest absolute Gasteiger partial charge is 0.479 e. The molecule has 0 bridgehead atoms. The van der Waals surface area contributed by atoms with Gasteiger partial charge in [-0.3, -0.25) is 4.79 Å². The molecule has 0 aliphatic heterocycles. The summed E-state index contributed by atoms with van der Waals surface area (Å²) in [6, 6.07) is 15.1. The van der Waals surface area contributed by atoms with E-state index in [1.807, 2.05) is 30.5 Å². The van der Waals surface area contributed by atoms with E-state index in [4.69, 9.17) is 4.52 Å². The molecule has 2 heterocycles. The third-order valence-electron chi connectivity index (χ3n) is 4.56. The van der Waals surface area contributed by atoms with Crippen LogP contribution in [0.1, 0.15) is 23.9 Å². The minimum absolute atomic E-state index is 0.0343. The summed E-state index contributed by atoms with van der Waals surface area (Å²) in [7, 11) is 0. The lowest BCUT2D eigenvalue weighted by Crippen LogP contribution is -2.33. The molecule has 2 aromatic heterocycles. The third kappa shape index (κ3) is 4.01. The van der Waals surface area contributed by atoms with Gasteiger partial charge in [-0.15, -0.1) is 0 Å². The molecule has 0 saturated heterocycles. The van der Waals surface area contributed by atoms with Crippen molar-refractivity contribution in [3.8, 4) is 11.4 Å². The minimum Gasteiger partial charge on any atom is -0.479 e. The maximum atomic E-state index is 12.3. The number of carbonyl (C=O) groups is 2. The number of carboxylic acids is 1. The van der Waals surface area contributed by atoms with Crippen LogP contribution in [0.15, 0.2) is 65.3 Å². The minimum atomic E-state index is -1.12. The molecule has 1 amide bonds. The zero-order chi connectivity index (χ0) is 20.2. The smallest absolute Gasteiger partial charge is 0.330 e. The molecule has 8 heteroatoms. The number of aryl methyl sites for hydroxylation is 1. The van der Waals surface area contributed by atoms with Crippen molar-refractivity contribution in [1.29, 1.82) is 0 Å². The van der Waals surface area contributed by atoms with Gasteiger partial charge in [-0.2, -0.15) is 4.98 Å². The Morgan fingerprint density at radius 1 is 1.10 bits per heavy atom. The van der Waals surface area contributed by atoms with Crippen molar-refractivity contribution in [2.24, 2.45) is 0 Å². The number of hydrogen-bond donors (Lipinski definition) is 3. The van der Waals surface area contributed by atoms with Crippen LogP contribution < -0.4 is 5.32 Å². The Morgan fingerprint density at radius 3 is 2.72 bits per heavy atom. The van der Waals surface area contributed by atoms with Gasteiger partial charge in [0.2, 0.25) is 17.6 Å². The number of H-pyrrole nitrogens is 1. The second-order valence-corrected chi connectivity index (χ2v) is 6.51. The predicted octanol–water partition coefficient (Wildman–Crippen LogP) is 3.09. The van der Waals surface area contributed by atoms with Gasteiger partial charge in [-0.1, -0.05) is 47.6 Å². The van der Waals surface area contributed by atoms with Crippen molar-refractivity contribution in [3.05, 3.63) is 72.2 Å². The normalized spacial score (nSPS) is 12.0. The molecule has 1 atom stereocenters. The molecule has 3 N–H and O–H groups in total. The highest BCUT2D eigenvalue weighted by Gasteiger charge is 2.22. The van der Waals surface area contributed by atoms with E-state index in [-0.39, 0.29) is 12.8 Å². The average Bonchev–Trinajstić information content (AvgIpc) is 3.40. The first-order valence-electron chi connectivity index (χ1n) is 9.08. The monoisotopic (exact) mass is 390 g/mol. The zero-order valence-corrected chi connectivity index (χ0v) is 15.3. The number of aliphatic carboxylic acids is 1. The number of carboxylic acid groups (broad SMARTS) is 1. The van der Waals surface area contributed by atoms with Crippen molar-refractivity contribution in [2.75, 3.05) is 0 Å². The van der Waals surface area contributed by atoms with Crippen LogP contribution >= 0.6 is 0 Å². The predicted molar refractivity (Wildman–Crippen MR) is 105 cm³/mol. The highest BCUT2D eigenvalue weighted by Crippen LogP contribution is 2.26. The summed E-state index contributed by atoms with van der Waals surface area (Å²) in [5, 5.41) is 16.9. The van der Waals surface area contributed by atoms with Crippen molar-refractivity contribution < 1.29 is 19.2 Å². The number of aromatic amines is 1. The zero-order valence-electron chi connectivity index (χ0n) is 15.3. The Bertz CT molecular complexity index is 1150. The first-order valence-corrected chi connectivity index (χ1v) is 9.08. The quantitative estimate of drug-likeness (QED) is 0.446. The Balaban J connectivity index is 1.41. The number of fused-ring (bicyclic) bond motifs is 1. The van der Waals surface area contributed by atoms with Crippen LogP contribution in [0.25, 0.3) is 22.3 Å². The molecular weight excluding hydrogens is 372 g/mol. The fourth-order valence-electron chi connectivity index (χ4n) is 3.13. The lowest BCUT2D eigenvalue weighted by molar-refractivity contribution is -0.142. The summed E-state index contributed by atoms with van der Waals surface area (Å²) < 4.78 is 5.26. The molecule has 0 aliphatic rings. The van der Waals surface area contributed by atoms with Gasteiger partial charge in [0.1, 0.15) is 0 Å². The van der Waals surface area contributed by atoms with Gasteiger partial charge >= 0.3 is 5.97 Å². The first kappa shape index (κ1) is 18.4. The van der Waals surface area contributed by atoms with Crippen molar-refractivity contribution in [2.45, 2.75) is 18.9 Å². The second-order valence-electron chi connectivity index (χ2n) is 6.51. The highest BCUT2D eigenvalue weighted by molar-refractivity contribution is 5.93. The van der Waals surface area contributed by atoms with E-state index in [1.165, 1.54) is 0 Å². The topological polar surface area (TPSA) is 121 Å². The summed E-state index contributed by atoms with van der Waals surface area (Å²) in [4.78, 5) is 31.2. The number of hydrogen-bond acceptors (Lipinski definition) is 5. The fraction of sp³-hybridized carbons (Fsp3) is 0.143. The molecule has 1 unspecified atom stereocenters. The second kappa shape index (κ2) is 7.97. The maximum absolute atomic E-state index is 12.3. The van der Waals surface area contributed by atoms with Gasteiger partial charge in [-0.25, -0.2) is 4.79 Å². The number of amides is 1. The Labute approximate surface area is 165 Å². The van der Waals surface area contributed by atoms with Gasteiger partial charge in [0.05, 0.1) is 0 Å². The Kier molecular flexibility index (Phi) is 5.07. The Morgan fingerprint density at radius 2 is 1.93 bits per heavy atom. The number of benzene rings is 2.